The van der Waals surface area contributed by atoms with Gasteiger partial charge in [0.2, 0.25) is 0 Å². The van der Waals surface area contributed by atoms with Crippen molar-refractivity contribution in [2.24, 2.45) is 0 Å². The molecule has 0 aliphatic heterocycles. The Morgan fingerprint density at radius 2 is 2.27 bits per heavy atom. The molecule has 1 unspecified atom stereocenters. The lowest BCUT2D eigenvalue weighted by Crippen LogP contribution is -2.22. The smallest absolute Gasteiger partial charge is 0.0320 e. The minimum atomic E-state index is 0.416. The highest BCUT2D eigenvalue weighted by atomic mass is 79.9. The molecule has 0 amide bonds. The molecule has 0 fully saturated rings. The molecular formula is C13H18BrN. The van der Waals surface area contributed by atoms with Gasteiger partial charge in [0, 0.05) is 17.1 Å². The van der Waals surface area contributed by atoms with Crippen LogP contribution in [0.5, 0.6) is 0 Å². The standard InChI is InChI=1S/C13H18BrN/c1-4-13(15-9-10(2)3)11-6-5-7-12(14)8-11/h5-8,13,15H,2,4,9H2,1,3H3. The van der Waals surface area contributed by atoms with E-state index in [2.05, 4.69) is 59.0 Å². The first-order chi connectivity index (χ1) is 7.13. The van der Waals surface area contributed by atoms with Gasteiger partial charge in [-0.2, -0.15) is 0 Å². The summed E-state index contributed by atoms with van der Waals surface area (Å²) < 4.78 is 1.13. The number of benzene rings is 1. The summed E-state index contributed by atoms with van der Waals surface area (Å²) in [5.74, 6) is 0. The molecule has 0 bridgehead atoms. The molecular weight excluding hydrogens is 250 g/mol. The van der Waals surface area contributed by atoms with E-state index in [1.54, 1.807) is 0 Å². The fourth-order valence-electron chi connectivity index (χ4n) is 1.52. The van der Waals surface area contributed by atoms with Crippen molar-refractivity contribution in [1.29, 1.82) is 0 Å². The summed E-state index contributed by atoms with van der Waals surface area (Å²) in [5, 5.41) is 3.49. The highest BCUT2D eigenvalue weighted by molar-refractivity contribution is 9.10. The first kappa shape index (κ1) is 12.5. The predicted molar refractivity (Wildman–Crippen MR) is 70.0 cm³/mol. The number of halogens is 1. The second kappa shape index (κ2) is 6.09. The van der Waals surface area contributed by atoms with Crippen molar-refractivity contribution < 1.29 is 0 Å². The average molecular weight is 268 g/mol. The van der Waals surface area contributed by atoms with Crippen molar-refractivity contribution >= 4 is 15.9 Å². The van der Waals surface area contributed by atoms with Crippen LogP contribution in [-0.4, -0.2) is 6.54 Å². The maximum atomic E-state index is 3.90. The van der Waals surface area contributed by atoms with Crippen molar-refractivity contribution in [3.63, 3.8) is 0 Å². The molecule has 0 aliphatic rings. The Kier molecular flexibility index (Phi) is 5.06. The third-order valence-corrected chi connectivity index (χ3v) is 2.80. The van der Waals surface area contributed by atoms with Crippen molar-refractivity contribution in [3.8, 4) is 0 Å². The number of hydrogen-bond donors (Lipinski definition) is 1. The fraction of sp³-hybridized carbons (Fsp3) is 0.385. The van der Waals surface area contributed by atoms with Crippen molar-refractivity contribution in [2.75, 3.05) is 6.54 Å². The molecule has 0 saturated heterocycles. The molecule has 0 aromatic heterocycles. The molecule has 1 rings (SSSR count). The van der Waals surface area contributed by atoms with Gasteiger partial charge in [-0.15, -0.1) is 0 Å². The van der Waals surface area contributed by atoms with E-state index in [4.69, 9.17) is 0 Å². The molecule has 0 radical (unpaired) electrons. The normalized spacial score (nSPS) is 12.5. The van der Waals surface area contributed by atoms with Crippen LogP contribution in [0.2, 0.25) is 0 Å². The lowest BCUT2D eigenvalue weighted by molar-refractivity contribution is 0.544. The van der Waals surface area contributed by atoms with Gasteiger partial charge in [-0.05, 0) is 31.0 Å². The Balaban J connectivity index is 2.69. The SMILES string of the molecule is C=C(C)CNC(CC)c1cccc(Br)c1. The summed E-state index contributed by atoms with van der Waals surface area (Å²) in [5.41, 5.74) is 2.50. The van der Waals surface area contributed by atoms with Gasteiger partial charge in [-0.25, -0.2) is 0 Å². The number of nitrogens with one attached hydrogen (secondary N) is 1. The molecule has 1 atom stereocenters. The van der Waals surface area contributed by atoms with E-state index in [-0.39, 0.29) is 0 Å². The van der Waals surface area contributed by atoms with Crippen LogP contribution in [0.15, 0.2) is 40.9 Å². The molecule has 82 valence electrons. The number of hydrogen-bond acceptors (Lipinski definition) is 1. The van der Waals surface area contributed by atoms with Gasteiger partial charge in [0.1, 0.15) is 0 Å². The quantitative estimate of drug-likeness (QED) is 0.794. The third-order valence-electron chi connectivity index (χ3n) is 2.31. The summed E-state index contributed by atoms with van der Waals surface area (Å²) in [6.45, 7) is 9.01. The molecule has 0 aliphatic carbocycles. The third kappa shape index (κ3) is 4.18. The van der Waals surface area contributed by atoms with Crippen molar-refractivity contribution in [1.82, 2.24) is 5.32 Å². The van der Waals surface area contributed by atoms with Gasteiger partial charge < -0.3 is 5.32 Å². The Morgan fingerprint density at radius 1 is 1.53 bits per heavy atom. The Bertz CT molecular complexity index is 333. The molecule has 1 aromatic rings. The molecule has 0 heterocycles. The summed E-state index contributed by atoms with van der Waals surface area (Å²) in [6, 6.07) is 8.86. The Hall–Kier alpha value is -0.600. The molecule has 15 heavy (non-hydrogen) atoms. The van der Waals surface area contributed by atoms with E-state index in [9.17, 15) is 0 Å². The van der Waals surface area contributed by atoms with E-state index >= 15 is 0 Å². The molecule has 2 heteroatoms. The number of rotatable bonds is 5. The van der Waals surface area contributed by atoms with Crippen LogP contribution in [-0.2, 0) is 0 Å². The van der Waals surface area contributed by atoms with Gasteiger partial charge in [0.25, 0.3) is 0 Å². The van der Waals surface area contributed by atoms with Gasteiger partial charge in [0.05, 0.1) is 0 Å². The van der Waals surface area contributed by atoms with Crippen LogP contribution in [0.4, 0.5) is 0 Å². The lowest BCUT2D eigenvalue weighted by Gasteiger charge is -2.17. The van der Waals surface area contributed by atoms with E-state index < -0.39 is 0 Å². The second-order valence-corrected chi connectivity index (χ2v) is 4.77. The maximum absolute atomic E-state index is 3.90. The minimum Gasteiger partial charge on any atom is -0.306 e. The van der Waals surface area contributed by atoms with Gasteiger partial charge >= 0.3 is 0 Å². The predicted octanol–water partition coefficient (Wildman–Crippen LogP) is 4.07. The lowest BCUT2D eigenvalue weighted by atomic mass is 10.0. The van der Waals surface area contributed by atoms with E-state index in [1.165, 1.54) is 11.1 Å². The van der Waals surface area contributed by atoms with Crippen LogP contribution in [0, 0.1) is 0 Å². The zero-order valence-corrected chi connectivity index (χ0v) is 11.0. The monoisotopic (exact) mass is 267 g/mol. The van der Waals surface area contributed by atoms with E-state index in [0.29, 0.717) is 6.04 Å². The first-order valence-corrected chi connectivity index (χ1v) is 6.06. The summed E-state index contributed by atoms with van der Waals surface area (Å²) in [6.07, 6.45) is 1.09. The zero-order valence-electron chi connectivity index (χ0n) is 9.39. The molecule has 1 nitrogen and oxygen atoms in total. The van der Waals surface area contributed by atoms with Crippen LogP contribution < -0.4 is 5.32 Å². The molecule has 0 saturated carbocycles. The zero-order chi connectivity index (χ0) is 11.3. The van der Waals surface area contributed by atoms with Crippen LogP contribution in [0.25, 0.3) is 0 Å². The minimum absolute atomic E-state index is 0.416. The Morgan fingerprint density at radius 3 is 2.80 bits per heavy atom. The largest absolute Gasteiger partial charge is 0.306 e. The van der Waals surface area contributed by atoms with Gasteiger partial charge in [-0.3, -0.25) is 0 Å². The fourth-order valence-corrected chi connectivity index (χ4v) is 1.94. The van der Waals surface area contributed by atoms with Crippen molar-refractivity contribution in [3.05, 3.63) is 46.5 Å². The molecule has 1 N–H and O–H groups in total. The van der Waals surface area contributed by atoms with Crippen LogP contribution in [0.1, 0.15) is 31.9 Å². The topological polar surface area (TPSA) is 12.0 Å². The van der Waals surface area contributed by atoms with Crippen LogP contribution in [0.3, 0.4) is 0 Å². The summed E-state index contributed by atoms with van der Waals surface area (Å²) in [4.78, 5) is 0. The van der Waals surface area contributed by atoms with Crippen molar-refractivity contribution in [2.45, 2.75) is 26.3 Å². The summed E-state index contributed by atoms with van der Waals surface area (Å²) >= 11 is 3.49. The van der Waals surface area contributed by atoms with Crippen LogP contribution >= 0.6 is 15.9 Å². The molecule has 0 spiro atoms. The van der Waals surface area contributed by atoms with Gasteiger partial charge in [0.15, 0.2) is 0 Å². The molecule has 1 aromatic carbocycles. The highest BCUT2D eigenvalue weighted by Crippen LogP contribution is 2.20. The maximum Gasteiger partial charge on any atom is 0.0320 e. The highest BCUT2D eigenvalue weighted by Gasteiger charge is 2.07. The van der Waals surface area contributed by atoms with E-state index in [1.807, 2.05) is 6.92 Å². The first-order valence-electron chi connectivity index (χ1n) is 5.26. The van der Waals surface area contributed by atoms with E-state index in [0.717, 1.165) is 17.4 Å². The second-order valence-electron chi connectivity index (χ2n) is 3.85. The summed E-state index contributed by atoms with van der Waals surface area (Å²) in [7, 11) is 0. The average Bonchev–Trinajstić information content (AvgIpc) is 2.18. The Labute approximate surface area is 101 Å². The van der Waals surface area contributed by atoms with Gasteiger partial charge in [-0.1, -0.05) is 47.1 Å².